The lowest BCUT2D eigenvalue weighted by Gasteiger charge is -2.30. The lowest BCUT2D eigenvalue weighted by atomic mass is 10.2. The Morgan fingerprint density at radius 2 is 1.24 bits per heavy atom. The van der Waals surface area contributed by atoms with Crippen molar-refractivity contribution in [2.45, 2.75) is 36.1 Å². The smallest absolute Gasteiger partial charge is 0.265 e. The van der Waals surface area contributed by atoms with E-state index in [1.807, 2.05) is 13.8 Å². The zero-order valence-corrected chi connectivity index (χ0v) is 20.4. The normalized spacial score (nSPS) is 16.6. The molecule has 1 amide bonds. The number of aryl methyl sites for hydroxylation is 2. The molecule has 34 heavy (non-hydrogen) atoms. The number of amides is 1. The van der Waals surface area contributed by atoms with Crippen LogP contribution < -0.4 is 14.3 Å². The van der Waals surface area contributed by atoms with Crippen molar-refractivity contribution in [3.63, 3.8) is 0 Å². The van der Waals surface area contributed by atoms with E-state index in [0.29, 0.717) is 0 Å². The minimum absolute atomic E-state index is 0.0194. The SMILES string of the molecule is Cc1ccc(S(=O)(=O)N2CCC(C(N)=O)N(S(=O)(=O)c3ccc(C)cc3)c3ccccc32)cc1. The van der Waals surface area contributed by atoms with E-state index in [0.717, 1.165) is 19.7 Å². The zero-order chi connectivity index (χ0) is 24.7. The molecule has 1 unspecified atom stereocenters. The number of hydrogen-bond acceptors (Lipinski definition) is 5. The summed E-state index contributed by atoms with van der Waals surface area (Å²) < 4.78 is 56.8. The molecule has 0 bridgehead atoms. The first-order valence-corrected chi connectivity index (χ1v) is 13.5. The number of hydrogen-bond donors (Lipinski definition) is 1. The number of nitrogens with two attached hydrogens (primary N) is 1. The van der Waals surface area contributed by atoms with Gasteiger partial charge in [-0.15, -0.1) is 0 Å². The van der Waals surface area contributed by atoms with Crippen LogP contribution in [0.1, 0.15) is 17.5 Å². The maximum absolute atomic E-state index is 13.7. The molecule has 1 heterocycles. The van der Waals surface area contributed by atoms with Gasteiger partial charge in [-0.05, 0) is 56.7 Å². The van der Waals surface area contributed by atoms with E-state index >= 15 is 0 Å². The summed E-state index contributed by atoms with van der Waals surface area (Å²) in [6.07, 6.45) is -0.111. The fourth-order valence-corrected chi connectivity index (χ4v) is 7.13. The minimum atomic E-state index is -4.24. The fourth-order valence-electron chi connectivity index (χ4n) is 3.97. The van der Waals surface area contributed by atoms with Gasteiger partial charge in [-0.3, -0.25) is 13.4 Å². The number of anilines is 2. The van der Waals surface area contributed by atoms with E-state index in [4.69, 9.17) is 5.73 Å². The van der Waals surface area contributed by atoms with Crippen molar-refractivity contribution in [1.29, 1.82) is 0 Å². The molecule has 0 spiro atoms. The van der Waals surface area contributed by atoms with Crippen LogP contribution in [-0.2, 0) is 24.8 Å². The summed E-state index contributed by atoms with van der Waals surface area (Å²) >= 11 is 0. The number of para-hydroxylation sites is 2. The first-order chi connectivity index (χ1) is 16.0. The molecule has 1 aliphatic rings. The molecule has 178 valence electrons. The fraction of sp³-hybridized carbons (Fsp3) is 0.208. The van der Waals surface area contributed by atoms with Crippen LogP contribution in [0.5, 0.6) is 0 Å². The summed E-state index contributed by atoms with van der Waals surface area (Å²) in [5.41, 5.74) is 7.65. The Balaban J connectivity index is 1.92. The van der Waals surface area contributed by atoms with E-state index in [1.54, 1.807) is 36.4 Å². The van der Waals surface area contributed by atoms with Crippen LogP contribution >= 0.6 is 0 Å². The van der Waals surface area contributed by atoms with Crippen LogP contribution in [0, 0.1) is 13.8 Å². The lowest BCUT2D eigenvalue weighted by Crippen LogP contribution is -2.48. The topological polar surface area (TPSA) is 118 Å². The minimum Gasteiger partial charge on any atom is -0.368 e. The summed E-state index contributed by atoms with van der Waals surface area (Å²) in [5, 5.41) is 0. The number of fused-ring (bicyclic) bond motifs is 1. The Morgan fingerprint density at radius 1 is 0.765 bits per heavy atom. The van der Waals surface area contributed by atoms with Gasteiger partial charge in [-0.1, -0.05) is 47.5 Å². The third-order valence-electron chi connectivity index (χ3n) is 5.79. The predicted molar refractivity (Wildman–Crippen MR) is 131 cm³/mol. The number of carbonyl (C=O) groups excluding carboxylic acids is 1. The molecule has 0 aliphatic carbocycles. The van der Waals surface area contributed by atoms with Crippen molar-refractivity contribution < 1.29 is 21.6 Å². The Morgan fingerprint density at radius 3 is 1.74 bits per heavy atom. The van der Waals surface area contributed by atoms with Crippen molar-refractivity contribution in [2.75, 3.05) is 15.2 Å². The second-order valence-electron chi connectivity index (χ2n) is 8.20. The largest absolute Gasteiger partial charge is 0.368 e. The molecule has 1 aliphatic heterocycles. The third kappa shape index (κ3) is 4.14. The number of rotatable bonds is 5. The molecule has 0 radical (unpaired) electrons. The molecule has 4 rings (SSSR count). The predicted octanol–water partition coefficient (Wildman–Crippen LogP) is 2.95. The quantitative estimate of drug-likeness (QED) is 0.579. The first-order valence-electron chi connectivity index (χ1n) is 10.6. The maximum atomic E-state index is 13.7. The number of nitrogens with zero attached hydrogens (tertiary/aromatic N) is 2. The monoisotopic (exact) mass is 499 g/mol. The van der Waals surface area contributed by atoms with Gasteiger partial charge in [0.05, 0.1) is 21.2 Å². The van der Waals surface area contributed by atoms with Crippen LogP contribution in [0.15, 0.2) is 82.6 Å². The van der Waals surface area contributed by atoms with Crippen molar-refractivity contribution in [3.05, 3.63) is 83.9 Å². The van der Waals surface area contributed by atoms with Crippen molar-refractivity contribution >= 4 is 37.3 Å². The van der Waals surface area contributed by atoms with Gasteiger partial charge in [0.25, 0.3) is 20.0 Å². The number of sulfonamides is 2. The standard InChI is InChI=1S/C24H25N3O5S2/c1-17-7-11-19(12-8-17)33(29,30)26-16-15-23(24(25)28)27(22-6-4-3-5-21(22)26)34(31,32)20-13-9-18(2)10-14-20/h3-14,23H,15-16H2,1-2H3,(H2,25,28). The number of carbonyl (C=O) groups is 1. The van der Waals surface area contributed by atoms with Gasteiger partial charge in [-0.25, -0.2) is 16.8 Å². The number of primary amides is 1. The lowest BCUT2D eigenvalue weighted by molar-refractivity contribution is -0.119. The average molecular weight is 500 g/mol. The molecule has 3 aromatic carbocycles. The highest BCUT2D eigenvalue weighted by atomic mass is 32.2. The van der Waals surface area contributed by atoms with Crippen molar-refractivity contribution in [1.82, 2.24) is 0 Å². The summed E-state index contributed by atoms with van der Waals surface area (Å²) in [5.74, 6) is -0.861. The van der Waals surface area contributed by atoms with Gasteiger partial charge < -0.3 is 5.73 Å². The molecule has 2 N–H and O–H groups in total. The molecule has 0 fully saturated rings. The van der Waals surface area contributed by atoms with Crippen molar-refractivity contribution in [3.8, 4) is 0 Å². The van der Waals surface area contributed by atoms with Gasteiger partial charge >= 0.3 is 0 Å². The van der Waals surface area contributed by atoms with Crippen LogP contribution in [0.25, 0.3) is 0 Å². The molecule has 3 aromatic rings. The molecule has 1 atom stereocenters. The second-order valence-corrected chi connectivity index (χ2v) is 11.9. The summed E-state index contributed by atoms with van der Waals surface area (Å²) in [6, 6.07) is 17.6. The molecule has 0 saturated heterocycles. The summed E-state index contributed by atoms with van der Waals surface area (Å²) in [4.78, 5) is 12.5. The average Bonchev–Trinajstić information content (AvgIpc) is 2.98. The van der Waals surface area contributed by atoms with Gasteiger partial charge in [0, 0.05) is 6.54 Å². The van der Waals surface area contributed by atoms with Gasteiger partial charge in [-0.2, -0.15) is 0 Å². The van der Waals surface area contributed by atoms with Crippen molar-refractivity contribution in [2.24, 2.45) is 5.73 Å². The Labute approximate surface area is 199 Å². The Kier molecular flexibility index (Phi) is 6.13. The first kappa shape index (κ1) is 23.8. The Bertz CT molecular complexity index is 1430. The van der Waals surface area contributed by atoms with E-state index in [1.165, 1.54) is 36.4 Å². The molecule has 0 aromatic heterocycles. The highest BCUT2D eigenvalue weighted by molar-refractivity contribution is 7.93. The van der Waals surface area contributed by atoms with E-state index < -0.39 is 32.0 Å². The summed E-state index contributed by atoms with van der Waals surface area (Å²) in [6.45, 7) is 3.56. The van der Waals surface area contributed by atoms with Crippen LogP contribution in [0.2, 0.25) is 0 Å². The molecule has 8 nitrogen and oxygen atoms in total. The molecular formula is C24H25N3O5S2. The van der Waals surface area contributed by atoms with E-state index in [2.05, 4.69) is 0 Å². The van der Waals surface area contributed by atoms with E-state index in [-0.39, 0.29) is 34.1 Å². The van der Waals surface area contributed by atoms with Gasteiger partial charge in [0.2, 0.25) is 5.91 Å². The van der Waals surface area contributed by atoms with E-state index in [9.17, 15) is 21.6 Å². The van der Waals surface area contributed by atoms with Crippen LogP contribution in [-0.4, -0.2) is 35.3 Å². The summed E-state index contributed by atoms with van der Waals surface area (Å²) in [7, 11) is -8.28. The third-order valence-corrected chi connectivity index (χ3v) is 9.46. The second kappa shape index (κ2) is 8.77. The molecule has 0 saturated carbocycles. The Hall–Kier alpha value is -3.37. The van der Waals surface area contributed by atoms with Crippen LogP contribution in [0.4, 0.5) is 11.4 Å². The highest BCUT2D eigenvalue weighted by Crippen LogP contribution is 2.40. The van der Waals surface area contributed by atoms with Crippen LogP contribution in [0.3, 0.4) is 0 Å². The zero-order valence-electron chi connectivity index (χ0n) is 18.7. The highest BCUT2D eigenvalue weighted by Gasteiger charge is 2.41. The molecule has 10 heteroatoms. The van der Waals surface area contributed by atoms with Gasteiger partial charge in [0.15, 0.2) is 0 Å². The maximum Gasteiger partial charge on any atom is 0.265 e. The molecular weight excluding hydrogens is 474 g/mol. The van der Waals surface area contributed by atoms with Gasteiger partial charge in [0.1, 0.15) is 6.04 Å². The number of benzene rings is 3.